The van der Waals surface area contributed by atoms with Crippen molar-refractivity contribution in [2.24, 2.45) is 0 Å². The summed E-state index contributed by atoms with van der Waals surface area (Å²) >= 11 is 0. The molecule has 0 spiro atoms. The molecule has 0 saturated heterocycles. The fourth-order valence-corrected chi connectivity index (χ4v) is 2.56. The Hall–Kier alpha value is -1.58. The smallest absolute Gasteiger partial charge is 0.413 e. The summed E-state index contributed by atoms with van der Waals surface area (Å²) in [4.78, 5) is 10.3. The Labute approximate surface area is 113 Å². The lowest BCUT2D eigenvalue weighted by molar-refractivity contribution is -0.262. The maximum atomic E-state index is 13.8. The van der Waals surface area contributed by atoms with E-state index in [4.69, 9.17) is 0 Å². The van der Waals surface area contributed by atoms with E-state index in [0.717, 1.165) is 12.1 Å². The maximum absolute atomic E-state index is 13.8. The van der Waals surface area contributed by atoms with Gasteiger partial charge in [0.1, 0.15) is 0 Å². The maximum Gasteiger partial charge on any atom is 0.413 e. The van der Waals surface area contributed by atoms with Gasteiger partial charge in [-0.1, -0.05) is 18.2 Å². The van der Waals surface area contributed by atoms with Crippen LogP contribution < -0.4 is 0 Å². The lowest BCUT2D eigenvalue weighted by atomic mass is 10.3. The van der Waals surface area contributed by atoms with Crippen LogP contribution in [-0.4, -0.2) is 42.2 Å². The third-order valence-electron chi connectivity index (χ3n) is 2.36. The Balaban J connectivity index is 3.32. The summed E-state index contributed by atoms with van der Waals surface area (Å²) in [6.45, 7) is 0.807. The summed E-state index contributed by atoms with van der Waals surface area (Å²) in [5, 5.41) is 13.2. The first kappa shape index (κ1) is 16.5. The number of halogens is 2. The molecule has 0 fully saturated rings. The van der Waals surface area contributed by atoms with Crippen molar-refractivity contribution in [1.29, 1.82) is 0 Å². The lowest BCUT2D eigenvalue weighted by Gasteiger charge is -2.27. The molecule has 112 valence electrons. The molecule has 0 amide bonds. The number of ether oxygens (including phenoxy) is 1. The Kier molecular flexibility index (Phi) is 4.47. The number of hydrogen-bond donors (Lipinski definition) is 2. The third kappa shape index (κ3) is 2.51. The van der Waals surface area contributed by atoms with E-state index in [2.05, 4.69) is 4.74 Å². The molecular weight excluding hydrogens is 298 g/mol. The minimum atomic E-state index is -5.49. The summed E-state index contributed by atoms with van der Waals surface area (Å²) in [6.07, 6.45) is 0. The quantitative estimate of drug-likeness (QED) is 0.599. The molecule has 0 atom stereocenters. The first-order valence-electron chi connectivity index (χ1n) is 5.38. The van der Waals surface area contributed by atoms with Crippen molar-refractivity contribution in [3.63, 3.8) is 0 Å². The molecule has 0 heterocycles. The lowest BCUT2D eigenvalue weighted by Crippen LogP contribution is -2.58. The van der Waals surface area contributed by atoms with Crippen LogP contribution in [-0.2, 0) is 19.4 Å². The summed E-state index contributed by atoms with van der Waals surface area (Å²) in [6, 6.07) is 5.40. The van der Waals surface area contributed by atoms with Gasteiger partial charge < -0.3 is 14.9 Å². The van der Waals surface area contributed by atoms with Crippen LogP contribution in [0.3, 0.4) is 0 Å². The summed E-state index contributed by atoms with van der Waals surface area (Å²) in [5.41, 5.74) is 0. The second kappa shape index (κ2) is 5.43. The average Bonchev–Trinajstić information content (AvgIpc) is 2.39. The van der Waals surface area contributed by atoms with Crippen LogP contribution in [0.1, 0.15) is 6.92 Å². The first-order chi connectivity index (χ1) is 9.09. The molecule has 2 N–H and O–H groups in total. The van der Waals surface area contributed by atoms with Crippen LogP contribution in [0.5, 0.6) is 0 Å². The number of benzene rings is 1. The van der Waals surface area contributed by atoms with E-state index >= 15 is 0 Å². The molecule has 0 radical (unpaired) electrons. The number of alkyl halides is 2. The Morgan fingerprint density at radius 3 is 2.20 bits per heavy atom. The van der Waals surface area contributed by atoms with Crippen LogP contribution in [0.15, 0.2) is 35.2 Å². The third-order valence-corrected chi connectivity index (χ3v) is 4.21. The molecule has 0 aliphatic carbocycles. The molecule has 0 aromatic heterocycles. The molecule has 0 aliphatic heterocycles. The van der Waals surface area contributed by atoms with Crippen molar-refractivity contribution in [2.75, 3.05) is 6.61 Å². The SMILES string of the molecule is CCOC(=O)C(O)(O)C(F)(F)S(=O)(=O)c1ccccc1. The summed E-state index contributed by atoms with van der Waals surface area (Å²) in [7, 11) is -5.49. The molecule has 0 saturated carbocycles. The van der Waals surface area contributed by atoms with Crippen molar-refractivity contribution < 1.29 is 36.9 Å². The van der Waals surface area contributed by atoms with Gasteiger partial charge in [0.15, 0.2) is 0 Å². The Morgan fingerprint density at radius 1 is 1.25 bits per heavy atom. The van der Waals surface area contributed by atoms with E-state index in [1.165, 1.54) is 25.1 Å². The largest absolute Gasteiger partial charge is 0.462 e. The second-order valence-corrected chi connectivity index (χ2v) is 5.72. The Bertz CT molecular complexity index is 582. The zero-order chi connectivity index (χ0) is 15.6. The number of esters is 1. The minimum Gasteiger partial charge on any atom is -0.462 e. The topological polar surface area (TPSA) is 101 Å². The van der Waals surface area contributed by atoms with Gasteiger partial charge in [0.25, 0.3) is 0 Å². The van der Waals surface area contributed by atoms with Crippen LogP contribution in [0.2, 0.25) is 0 Å². The molecule has 1 aromatic rings. The van der Waals surface area contributed by atoms with Gasteiger partial charge in [0, 0.05) is 0 Å². The predicted octanol–water partition coefficient (Wildman–Crippen LogP) is 0.297. The van der Waals surface area contributed by atoms with Gasteiger partial charge in [-0.3, -0.25) is 0 Å². The zero-order valence-electron chi connectivity index (χ0n) is 10.3. The molecular formula is C11H12F2O6S. The monoisotopic (exact) mass is 310 g/mol. The zero-order valence-corrected chi connectivity index (χ0v) is 11.1. The molecule has 1 rings (SSSR count). The fourth-order valence-electron chi connectivity index (χ4n) is 1.29. The number of rotatable bonds is 5. The van der Waals surface area contributed by atoms with Gasteiger partial charge in [-0.05, 0) is 19.1 Å². The highest BCUT2D eigenvalue weighted by Crippen LogP contribution is 2.37. The highest BCUT2D eigenvalue weighted by molar-refractivity contribution is 7.92. The van der Waals surface area contributed by atoms with Crippen LogP contribution in [0, 0.1) is 0 Å². The standard InChI is InChI=1S/C11H12F2O6S/c1-2-19-9(14)10(15,16)11(12,13)20(17,18)8-6-4-3-5-7-8/h3-7,15-16H,2H2,1H3. The molecule has 9 heteroatoms. The van der Waals surface area contributed by atoms with Gasteiger partial charge in [-0.2, -0.15) is 8.78 Å². The van der Waals surface area contributed by atoms with E-state index in [1.807, 2.05) is 0 Å². The van der Waals surface area contributed by atoms with Crippen LogP contribution >= 0.6 is 0 Å². The van der Waals surface area contributed by atoms with Crippen molar-refractivity contribution in [3.05, 3.63) is 30.3 Å². The molecule has 0 aliphatic rings. The summed E-state index contributed by atoms with van der Waals surface area (Å²) < 4.78 is 55.2. The predicted molar refractivity (Wildman–Crippen MR) is 62.4 cm³/mol. The number of aliphatic hydroxyl groups is 2. The van der Waals surface area contributed by atoms with Gasteiger partial charge in [-0.25, -0.2) is 13.2 Å². The normalized spacial score (nSPS) is 13.1. The van der Waals surface area contributed by atoms with Crippen LogP contribution in [0.4, 0.5) is 8.78 Å². The van der Waals surface area contributed by atoms with E-state index in [9.17, 15) is 32.2 Å². The van der Waals surface area contributed by atoms with Crippen molar-refractivity contribution >= 4 is 15.8 Å². The fraction of sp³-hybridized carbons (Fsp3) is 0.364. The van der Waals surface area contributed by atoms with Crippen LogP contribution in [0.25, 0.3) is 0 Å². The summed E-state index contributed by atoms with van der Waals surface area (Å²) in [5.74, 6) is -6.64. The molecule has 20 heavy (non-hydrogen) atoms. The first-order valence-corrected chi connectivity index (χ1v) is 6.86. The molecule has 0 bridgehead atoms. The van der Waals surface area contributed by atoms with Gasteiger partial charge in [0.2, 0.25) is 9.84 Å². The van der Waals surface area contributed by atoms with E-state index in [-0.39, 0.29) is 0 Å². The van der Waals surface area contributed by atoms with E-state index in [0.29, 0.717) is 0 Å². The van der Waals surface area contributed by atoms with Crippen molar-refractivity contribution in [3.8, 4) is 0 Å². The molecule has 0 unspecified atom stereocenters. The van der Waals surface area contributed by atoms with Crippen molar-refractivity contribution in [2.45, 2.75) is 22.9 Å². The second-order valence-electron chi connectivity index (χ2n) is 3.73. The van der Waals surface area contributed by atoms with Crippen molar-refractivity contribution in [1.82, 2.24) is 0 Å². The van der Waals surface area contributed by atoms with E-state index in [1.54, 1.807) is 0 Å². The number of carbonyl (C=O) groups is 1. The van der Waals surface area contributed by atoms with E-state index < -0.39 is 38.4 Å². The highest BCUT2D eigenvalue weighted by atomic mass is 32.2. The molecule has 1 aromatic carbocycles. The molecule has 6 nitrogen and oxygen atoms in total. The number of sulfone groups is 1. The minimum absolute atomic E-state index is 0.427. The highest BCUT2D eigenvalue weighted by Gasteiger charge is 2.67. The number of carbonyl (C=O) groups excluding carboxylic acids is 1. The van der Waals surface area contributed by atoms with Gasteiger partial charge in [0.05, 0.1) is 11.5 Å². The average molecular weight is 310 g/mol. The van der Waals surface area contributed by atoms with Gasteiger partial charge in [-0.15, -0.1) is 0 Å². The number of hydrogen-bond acceptors (Lipinski definition) is 6. The van der Waals surface area contributed by atoms with Gasteiger partial charge >= 0.3 is 17.0 Å². The Morgan fingerprint density at radius 2 is 1.75 bits per heavy atom.